The highest BCUT2D eigenvalue weighted by molar-refractivity contribution is 5.74. The number of fused-ring (bicyclic) bond motifs is 1. The molecule has 0 aliphatic heterocycles. The molecular formula is C23H23N3O2. The maximum Gasteiger partial charge on any atom is 0.127 e. The van der Waals surface area contributed by atoms with E-state index in [2.05, 4.69) is 10.3 Å². The van der Waals surface area contributed by atoms with Crippen LogP contribution in [0.15, 0.2) is 66.7 Å². The van der Waals surface area contributed by atoms with Crippen LogP contribution in [0.2, 0.25) is 0 Å². The van der Waals surface area contributed by atoms with Crippen LogP contribution in [0.25, 0.3) is 11.0 Å². The van der Waals surface area contributed by atoms with Gasteiger partial charge >= 0.3 is 0 Å². The predicted molar refractivity (Wildman–Crippen MR) is 110 cm³/mol. The van der Waals surface area contributed by atoms with E-state index in [-0.39, 0.29) is 0 Å². The van der Waals surface area contributed by atoms with Gasteiger partial charge in [-0.3, -0.25) is 0 Å². The molecule has 5 nitrogen and oxygen atoms in total. The van der Waals surface area contributed by atoms with Crippen LogP contribution >= 0.6 is 0 Å². The minimum Gasteiger partial charge on any atom is -0.496 e. The van der Waals surface area contributed by atoms with Crippen molar-refractivity contribution in [2.24, 2.45) is 0 Å². The number of aryl methyl sites for hydroxylation is 2. The van der Waals surface area contributed by atoms with Crippen LogP contribution < -0.4 is 4.74 Å². The second-order valence-corrected chi connectivity index (χ2v) is 7.02. The quantitative estimate of drug-likeness (QED) is 0.564. The van der Waals surface area contributed by atoms with E-state index in [4.69, 9.17) is 4.74 Å². The molecule has 0 saturated heterocycles. The zero-order valence-electron chi connectivity index (χ0n) is 16.2. The third-order valence-electron chi connectivity index (χ3n) is 5.12. The third kappa shape index (κ3) is 3.14. The molecule has 142 valence electrons. The fourth-order valence-electron chi connectivity index (χ4n) is 3.66. The first-order valence-corrected chi connectivity index (χ1v) is 9.28. The average Bonchev–Trinajstić information content (AvgIpc) is 3.13. The van der Waals surface area contributed by atoms with Gasteiger partial charge in [0.2, 0.25) is 0 Å². The van der Waals surface area contributed by atoms with Crippen molar-refractivity contribution in [2.45, 2.75) is 26.0 Å². The summed E-state index contributed by atoms with van der Waals surface area (Å²) in [4.78, 5) is 0. The number of methoxy groups -OCH3 is 1. The van der Waals surface area contributed by atoms with Crippen molar-refractivity contribution in [1.82, 2.24) is 15.0 Å². The number of ether oxygens (including phenoxy) is 1. The monoisotopic (exact) mass is 373 g/mol. The van der Waals surface area contributed by atoms with Crippen LogP contribution in [0.1, 0.15) is 34.4 Å². The summed E-state index contributed by atoms with van der Waals surface area (Å²) in [7, 11) is 1.65. The lowest BCUT2D eigenvalue weighted by Gasteiger charge is -2.26. The summed E-state index contributed by atoms with van der Waals surface area (Å²) in [5, 5.41) is 20.1. The van der Waals surface area contributed by atoms with Crippen molar-refractivity contribution in [3.63, 3.8) is 0 Å². The number of aromatic nitrogens is 3. The summed E-state index contributed by atoms with van der Waals surface area (Å²) in [5.41, 5.74) is 5.49. The standard InChI is InChI=1S/C23H23N3O2/c1-15-11-13-17(14-12-15)22(27)21(18-8-6-7-16(2)23(18)28-3)26-20-10-5-4-9-19(20)24-25-26/h4-14,21-22,27H,1-3H3. The molecule has 0 saturated carbocycles. The van der Waals surface area contributed by atoms with Crippen LogP contribution in [0.4, 0.5) is 0 Å². The van der Waals surface area contributed by atoms with E-state index >= 15 is 0 Å². The molecule has 2 unspecified atom stereocenters. The number of nitrogens with zero attached hydrogens (tertiary/aromatic N) is 3. The molecule has 0 aliphatic carbocycles. The first kappa shape index (κ1) is 18.2. The first-order chi connectivity index (χ1) is 13.6. The van der Waals surface area contributed by atoms with Gasteiger partial charge in [-0.1, -0.05) is 65.4 Å². The Morgan fingerprint density at radius 3 is 2.43 bits per heavy atom. The number of rotatable bonds is 5. The fourth-order valence-corrected chi connectivity index (χ4v) is 3.66. The van der Waals surface area contributed by atoms with E-state index in [0.29, 0.717) is 0 Å². The molecule has 0 radical (unpaired) electrons. The molecule has 0 bridgehead atoms. The van der Waals surface area contributed by atoms with Crippen LogP contribution in [0, 0.1) is 13.8 Å². The van der Waals surface area contributed by atoms with Crippen molar-refractivity contribution in [2.75, 3.05) is 7.11 Å². The zero-order chi connectivity index (χ0) is 19.7. The Hall–Kier alpha value is -3.18. The summed E-state index contributed by atoms with van der Waals surface area (Å²) in [5.74, 6) is 0.748. The van der Waals surface area contributed by atoms with Gasteiger partial charge in [-0.2, -0.15) is 0 Å². The van der Waals surface area contributed by atoms with Gasteiger partial charge in [0.25, 0.3) is 0 Å². The Kier molecular flexibility index (Phi) is 4.84. The second kappa shape index (κ2) is 7.44. The van der Waals surface area contributed by atoms with E-state index < -0.39 is 12.1 Å². The number of aliphatic hydroxyl groups excluding tert-OH is 1. The van der Waals surface area contributed by atoms with E-state index in [9.17, 15) is 5.11 Å². The molecule has 0 fully saturated rings. The van der Waals surface area contributed by atoms with Crippen LogP contribution in [0.3, 0.4) is 0 Å². The zero-order valence-corrected chi connectivity index (χ0v) is 16.2. The molecule has 3 aromatic carbocycles. The van der Waals surface area contributed by atoms with E-state index in [1.54, 1.807) is 11.8 Å². The molecule has 0 amide bonds. The smallest absolute Gasteiger partial charge is 0.127 e. The SMILES string of the molecule is COc1c(C)cccc1C(C(O)c1ccc(C)cc1)n1nnc2ccccc21. The average molecular weight is 373 g/mol. The van der Waals surface area contributed by atoms with Crippen molar-refractivity contribution in [3.8, 4) is 5.75 Å². The molecule has 1 heterocycles. The van der Waals surface area contributed by atoms with Gasteiger partial charge in [0, 0.05) is 5.56 Å². The molecule has 4 rings (SSSR count). The second-order valence-electron chi connectivity index (χ2n) is 7.02. The van der Waals surface area contributed by atoms with Crippen molar-refractivity contribution >= 4 is 11.0 Å². The minimum atomic E-state index is -0.818. The maximum absolute atomic E-state index is 11.4. The van der Waals surface area contributed by atoms with Gasteiger partial charge in [0.15, 0.2) is 0 Å². The highest BCUT2D eigenvalue weighted by Crippen LogP contribution is 2.39. The van der Waals surface area contributed by atoms with E-state index in [1.807, 2.05) is 80.6 Å². The van der Waals surface area contributed by atoms with Crippen LogP contribution in [0.5, 0.6) is 5.75 Å². The Labute approximate surface area is 164 Å². The number of hydrogen-bond acceptors (Lipinski definition) is 4. The summed E-state index contributed by atoms with van der Waals surface area (Å²) in [6.45, 7) is 4.03. The topological polar surface area (TPSA) is 60.2 Å². The number of hydrogen-bond donors (Lipinski definition) is 1. The lowest BCUT2D eigenvalue weighted by Crippen LogP contribution is -2.21. The molecule has 0 spiro atoms. The van der Waals surface area contributed by atoms with Gasteiger partial charge in [0.05, 0.1) is 12.6 Å². The molecule has 1 N–H and O–H groups in total. The normalized spacial score (nSPS) is 13.4. The summed E-state index contributed by atoms with van der Waals surface area (Å²) in [6, 6.07) is 21.1. The molecule has 4 aromatic rings. The molecule has 28 heavy (non-hydrogen) atoms. The fraction of sp³-hybridized carbons (Fsp3) is 0.217. The Balaban J connectivity index is 1.93. The predicted octanol–water partition coefficient (Wildman–Crippen LogP) is 4.38. The largest absolute Gasteiger partial charge is 0.496 e. The Bertz CT molecular complexity index is 1100. The highest BCUT2D eigenvalue weighted by Gasteiger charge is 2.30. The third-order valence-corrected chi connectivity index (χ3v) is 5.12. The van der Waals surface area contributed by atoms with Crippen molar-refractivity contribution < 1.29 is 9.84 Å². The minimum absolute atomic E-state index is 0.482. The van der Waals surface area contributed by atoms with Crippen LogP contribution in [-0.2, 0) is 0 Å². The Morgan fingerprint density at radius 2 is 1.68 bits per heavy atom. The van der Waals surface area contributed by atoms with Crippen molar-refractivity contribution in [1.29, 1.82) is 0 Å². The lowest BCUT2D eigenvalue weighted by molar-refractivity contribution is 0.125. The number of para-hydroxylation sites is 2. The number of benzene rings is 3. The van der Waals surface area contributed by atoms with Gasteiger partial charge in [-0.05, 0) is 37.1 Å². The first-order valence-electron chi connectivity index (χ1n) is 9.28. The van der Waals surface area contributed by atoms with Gasteiger partial charge in [0.1, 0.15) is 23.4 Å². The molecule has 5 heteroatoms. The summed E-state index contributed by atoms with van der Waals surface area (Å²) >= 11 is 0. The van der Waals surface area contributed by atoms with Crippen molar-refractivity contribution in [3.05, 3.63) is 89.0 Å². The number of aliphatic hydroxyl groups is 1. The summed E-state index contributed by atoms with van der Waals surface area (Å²) in [6.07, 6.45) is -0.818. The Morgan fingerprint density at radius 1 is 0.929 bits per heavy atom. The molecule has 2 atom stereocenters. The molecular weight excluding hydrogens is 350 g/mol. The van der Waals surface area contributed by atoms with E-state index in [0.717, 1.165) is 39.0 Å². The molecule has 0 aliphatic rings. The lowest BCUT2D eigenvalue weighted by atomic mass is 9.93. The van der Waals surface area contributed by atoms with E-state index in [1.165, 1.54) is 0 Å². The maximum atomic E-state index is 11.4. The molecule has 1 aromatic heterocycles. The van der Waals surface area contributed by atoms with Crippen LogP contribution in [-0.4, -0.2) is 27.2 Å². The van der Waals surface area contributed by atoms with Gasteiger partial charge < -0.3 is 9.84 Å². The van der Waals surface area contributed by atoms with Gasteiger partial charge in [-0.15, -0.1) is 5.10 Å². The highest BCUT2D eigenvalue weighted by atomic mass is 16.5. The summed E-state index contributed by atoms with van der Waals surface area (Å²) < 4.78 is 7.49. The van der Waals surface area contributed by atoms with Gasteiger partial charge in [-0.25, -0.2) is 4.68 Å².